The molecule has 0 radical (unpaired) electrons. The smallest absolute Gasteiger partial charge is 0.326 e. The molecule has 0 fully saturated rings. The van der Waals surface area contributed by atoms with E-state index in [4.69, 9.17) is 9.72 Å². The van der Waals surface area contributed by atoms with Crippen LogP contribution in [0.3, 0.4) is 0 Å². The van der Waals surface area contributed by atoms with Gasteiger partial charge in [-0.1, -0.05) is 19.9 Å². The molecule has 0 aliphatic carbocycles. The van der Waals surface area contributed by atoms with Crippen LogP contribution in [0.15, 0.2) is 12.1 Å². The molecular formula is C28H49N5O4. The topological polar surface area (TPSA) is 107 Å². The zero-order valence-electron chi connectivity index (χ0n) is 23.6. The molecule has 2 rings (SSSR count). The monoisotopic (exact) mass is 519 g/mol. The number of aromatic nitrogens is 1. The second-order valence-corrected chi connectivity index (χ2v) is 10.6. The molecule has 0 saturated carbocycles. The molecule has 9 heteroatoms. The first-order chi connectivity index (χ1) is 17.7. The van der Waals surface area contributed by atoms with Crippen molar-refractivity contribution >= 4 is 17.8 Å². The highest BCUT2D eigenvalue weighted by Gasteiger charge is 2.25. The lowest BCUT2D eigenvalue weighted by atomic mass is 10.1. The number of nitrogens with zero attached hydrogens (tertiary/aromatic N) is 3. The van der Waals surface area contributed by atoms with Gasteiger partial charge in [-0.3, -0.25) is 0 Å². The number of carbonyl (C=O) groups is 2. The number of urea groups is 1. The number of pyridine rings is 1. The zero-order chi connectivity index (χ0) is 27.2. The third kappa shape index (κ3) is 11.3. The highest BCUT2D eigenvalue weighted by molar-refractivity contribution is 5.82. The van der Waals surface area contributed by atoms with E-state index in [0.29, 0.717) is 38.6 Å². The fourth-order valence-corrected chi connectivity index (χ4v) is 4.55. The van der Waals surface area contributed by atoms with Crippen molar-refractivity contribution in [2.45, 2.75) is 85.2 Å². The maximum atomic E-state index is 12.8. The number of fused-ring (bicyclic) bond motifs is 1. The van der Waals surface area contributed by atoms with Crippen LogP contribution in [0.1, 0.15) is 71.6 Å². The first-order valence-corrected chi connectivity index (χ1v) is 14.0. The summed E-state index contributed by atoms with van der Waals surface area (Å²) >= 11 is 0. The number of aryl methyl sites for hydroxylation is 2. The predicted octanol–water partition coefficient (Wildman–Crippen LogP) is 4.02. The number of aliphatic carboxylic acids is 1. The standard InChI is InChI=1S/C28H49N5O4/c1-6-37-19-18-32(16-8-7-11-24-13-12-23-10-9-15-29-26(23)30-24)17-14-25(27(34)35)31-28(36)33(22(4)5)20-21(2)3/h12-13,21-22,25H,6-11,14-20H2,1-5H3,(H,29,30)(H,31,36)(H,34,35). The Balaban J connectivity index is 1.87. The van der Waals surface area contributed by atoms with E-state index >= 15 is 0 Å². The number of carbonyl (C=O) groups excluding carboxylic acids is 1. The molecule has 1 unspecified atom stereocenters. The second-order valence-electron chi connectivity index (χ2n) is 10.6. The summed E-state index contributed by atoms with van der Waals surface area (Å²) in [4.78, 5) is 33.5. The van der Waals surface area contributed by atoms with E-state index in [-0.39, 0.29) is 12.1 Å². The molecule has 1 atom stereocenters. The van der Waals surface area contributed by atoms with Crippen molar-refractivity contribution in [2.75, 3.05) is 51.3 Å². The van der Waals surface area contributed by atoms with E-state index < -0.39 is 12.0 Å². The zero-order valence-corrected chi connectivity index (χ0v) is 23.6. The van der Waals surface area contributed by atoms with Crippen LogP contribution in [0.2, 0.25) is 0 Å². The number of carboxylic acids is 1. The van der Waals surface area contributed by atoms with Crippen molar-refractivity contribution < 1.29 is 19.4 Å². The van der Waals surface area contributed by atoms with Crippen molar-refractivity contribution in [2.24, 2.45) is 5.92 Å². The van der Waals surface area contributed by atoms with Crippen LogP contribution >= 0.6 is 0 Å². The molecule has 37 heavy (non-hydrogen) atoms. The summed E-state index contributed by atoms with van der Waals surface area (Å²) < 4.78 is 5.55. The van der Waals surface area contributed by atoms with Crippen molar-refractivity contribution in [3.05, 3.63) is 23.4 Å². The summed E-state index contributed by atoms with van der Waals surface area (Å²) in [5.41, 5.74) is 2.41. The first-order valence-electron chi connectivity index (χ1n) is 14.0. The molecule has 210 valence electrons. The SMILES string of the molecule is CCOCCN(CCCCc1ccc2c(n1)NCCC2)CCC(NC(=O)N(CC(C)C)C(C)C)C(=O)O. The quantitative estimate of drug-likeness (QED) is 0.267. The van der Waals surface area contributed by atoms with Crippen LogP contribution in [-0.2, 0) is 22.4 Å². The van der Waals surface area contributed by atoms with Crippen molar-refractivity contribution in [3.63, 3.8) is 0 Å². The maximum Gasteiger partial charge on any atom is 0.326 e. The van der Waals surface area contributed by atoms with Gasteiger partial charge in [0.1, 0.15) is 11.9 Å². The molecule has 2 amide bonds. The molecular weight excluding hydrogens is 470 g/mol. The average molecular weight is 520 g/mol. The van der Waals surface area contributed by atoms with E-state index in [2.05, 4.69) is 27.7 Å². The van der Waals surface area contributed by atoms with Gasteiger partial charge in [-0.25, -0.2) is 14.6 Å². The largest absolute Gasteiger partial charge is 0.480 e. The van der Waals surface area contributed by atoms with E-state index in [0.717, 1.165) is 63.3 Å². The Hall–Kier alpha value is -2.39. The third-order valence-electron chi connectivity index (χ3n) is 6.64. The minimum Gasteiger partial charge on any atom is -0.480 e. The Kier molecular flexibility index (Phi) is 13.7. The number of anilines is 1. The number of rotatable bonds is 17. The molecule has 0 bridgehead atoms. The summed E-state index contributed by atoms with van der Waals surface area (Å²) in [6.45, 7) is 15.0. The second kappa shape index (κ2) is 16.5. The number of hydrogen-bond donors (Lipinski definition) is 3. The fourth-order valence-electron chi connectivity index (χ4n) is 4.55. The predicted molar refractivity (Wildman–Crippen MR) is 148 cm³/mol. The van der Waals surface area contributed by atoms with Gasteiger partial charge in [0.05, 0.1) is 6.61 Å². The van der Waals surface area contributed by atoms with Gasteiger partial charge in [-0.2, -0.15) is 0 Å². The summed E-state index contributed by atoms with van der Waals surface area (Å²) in [7, 11) is 0. The van der Waals surface area contributed by atoms with E-state index in [1.807, 2.05) is 34.6 Å². The molecule has 0 spiro atoms. The minimum atomic E-state index is -1.00. The van der Waals surface area contributed by atoms with Gasteiger partial charge >= 0.3 is 12.0 Å². The summed E-state index contributed by atoms with van der Waals surface area (Å²) in [5, 5.41) is 15.9. The molecule has 3 N–H and O–H groups in total. The van der Waals surface area contributed by atoms with Crippen LogP contribution in [0.25, 0.3) is 0 Å². The van der Waals surface area contributed by atoms with Crippen LogP contribution in [-0.4, -0.2) is 89.9 Å². The number of carboxylic acid groups (broad SMARTS) is 1. The highest BCUT2D eigenvalue weighted by atomic mass is 16.5. The van der Waals surface area contributed by atoms with Crippen molar-refractivity contribution in [1.82, 2.24) is 20.1 Å². The Morgan fingerprint density at radius 1 is 1.16 bits per heavy atom. The summed E-state index contributed by atoms with van der Waals surface area (Å²) in [5.74, 6) is 0.338. The lowest BCUT2D eigenvalue weighted by Gasteiger charge is -2.30. The number of hydrogen-bond acceptors (Lipinski definition) is 6. The first kappa shape index (κ1) is 30.8. The third-order valence-corrected chi connectivity index (χ3v) is 6.64. The van der Waals surface area contributed by atoms with Crippen LogP contribution in [0.5, 0.6) is 0 Å². The molecule has 1 aromatic rings. The molecule has 2 heterocycles. The van der Waals surface area contributed by atoms with Crippen LogP contribution in [0, 0.1) is 5.92 Å². The van der Waals surface area contributed by atoms with Gasteiger partial charge in [0.25, 0.3) is 0 Å². The number of nitrogens with one attached hydrogen (secondary N) is 2. The summed E-state index contributed by atoms with van der Waals surface area (Å²) in [6, 6.07) is 3.09. The molecule has 9 nitrogen and oxygen atoms in total. The number of ether oxygens (including phenoxy) is 1. The van der Waals surface area contributed by atoms with E-state index in [1.54, 1.807) is 4.90 Å². The van der Waals surface area contributed by atoms with Gasteiger partial charge < -0.3 is 30.3 Å². The molecule has 1 aliphatic heterocycles. The van der Waals surface area contributed by atoms with Crippen molar-refractivity contribution in [3.8, 4) is 0 Å². The molecule has 0 saturated heterocycles. The summed E-state index contributed by atoms with van der Waals surface area (Å²) in [6.07, 6.45) is 5.51. The van der Waals surface area contributed by atoms with Gasteiger partial charge in [0.15, 0.2) is 0 Å². The number of amides is 2. The Labute approximate surface area is 223 Å². The number of unbranched alkanes of at least 4 members (excludes halogenated alkanes) is 1. The minimum absolute atomic E-state index is 0.0000708. The molecule has 1 aromatic heterocycles. The Bertz CT molecular complexity index is 833. The lowest BCUT2D eigenvalue weighted by molar-refractivity contribution is -0.139. The van der Waals surface area contributed by atoms with Crippen LogP contribution < -0.4 is 10.6 Å². The van der Waals surface area contributed by atoms with Gasteiger partial charge in [0.2, 0.25) is 0 Å². The Morgan fingerprint density at radius 2 is 1.95 bits per heavy atom. The Morgan fingerprint density at radius 3 is 2.62 bits per heavy atom. The highest BCUT2D eigenvalue weighted by Crippen LogP contribution is 2.20. The normalized spacial score (nSPS) is 13.9. The maximum absolute atomic E-state index is 12.8. The van der Waals surface area contributed by atoms with E-state index in [9.17, 15) is 14.7 Å². The van der Waals surface area contributed by atoms with Gasteiger partial charge in [-0.15, -0.1) is 0 Å². The van der Waals surface area contributed by atoms with Crippen LogP contribution in [0.4, 0.5) is 10.6 Å². The van der Waals surface area contributed by atoms with Gasteiger partial charge in [-0.05, 0) is 83.4 Å². The average Bonchev–Trinajstić information content (AvgIpc) is 2.86. The van der Waals surface area contributed by atoms with E-state index in [1.165, 1.54) is 5.56 Å². The van der Waals surface area contributed by atoms with Gasteiger partial charge in [0, 0.05) is 44.5 Å². The molecule has 1 aliphatic rings. The lowest BCUT2D eigenvalue weighted by Crippen LogP contribution is -2.52. The fraction of sp³-hybridized carbons (Fsp3) is 0.750. The van der Waals surface area contributed by atoms with Crippen molar-refractivity contribution in [1.29, 1.82) is 0 Å². The molecule has 0 aromatic carbocycles.